The number of anilines is 1. The van der Waals surface area contributed by atoms with E-state index in [0.717, 1.165) is 11.3 Å². The van der Waals surface area contributed by atoms with Crippen LogP contribution in [-0.2, 0) is 5.41 Å². The molecule has 1 aromatic heterocycles. The Morgan fingerprint density at radius 2 is 1.88 bits per heavy atom. The number of benzene rings is 1. The van der Waals surface area contributed by atoms with Crippen molar-refractivity contribution in [3.05, 3.63) is 35.4 Å². The number of aryl methyl sites for hydroxylation is 1. The molecule has 0 amide bonds. The molecule has 0 saturated heterocycles. The third kappa shape index (κ3) is 2.33. The van der Waals surface area contributed by atoms with Crippen LogP contribution < -0.4 is 5.73 Å². The van der Waals surface area contributed by atoms with E-state index >= 15 is 0 Å². The number of nitrogens with zero attached hydrogens (tertiary/aromatic N) is 1. The first-order valence-corrected chi connectivity index (χ1v) is 5.71. The highest BCUT2D eigenvalue weighted by Gasteiger charge is 2.15. The van der Waals surface area contributed by atoms with Crippen molar-refractivity contribution < 1.29 is 4.52 Å². The Hall–Kier alpha value is -1.77. The van der Waals surface area contributed by atoms with Gasteiger partial charge in [0.05, 0.1) is 0 Å². The van der Waals surface area contributed by atoms with E-state index in [1.165, 1.54) is 11.1 Å². The standard InChI is InChI=1S/C14H18N2O/c1-9-7-10(14(2,3)4)5-6-11(9)12-8-13(15)17-16-12/h5-8H,15H2,1-4H3. The lowest BCUT2D eigenvalue weighted by Gasteiger charge is -2.20. The number of aromatic nitrogens is 1. The predicted molar refractivity (Wildman–Crippen MR) is 69.8 cm³/mol. The van der Waals surface area contributed by atoms with Crippen LogP contribution >= 0.6 is 0 Å². The Labute approximate surface area is 102 Å². The number of nitrogen functional groups attached to an aromatic ring is 1. The monoisotopic (exact) mass is 230 g/mol. The summed E-state index contributed by atoms with van der Waals surface area (Å²) >= 11 is 0. The van der Waals surface area contributed by atoms with E-state index in [4.69, 9.17) is 10.3 Å². The van der Waals surface area contributed by atoms with E-state index in [1.54, 1.807) is 6.07 Å². The van der Waals surface area contributed by atoms with Crippen LogP contribution in [0.1, 0.15) is 31.9 Å². The molecule has 2 rings (SSSR count). The lowest BCUT2D eigenvalue weighted by atomic mass is 9.85. The normalized spacial score (nSPS) is 11.8. The van der Waals surface area contributed by atoms with Crippen molar-refractivity contribution >= 4 is 5.88 Å². The van der Waals surface area contributed by atoms with Crippen LogP contribution in [0.3, 0.4) is 0 Å². The first-order valence-electron chi connectivity index (χ1n) is 5.71. The summed E-state index contributed by atoms with van der Waals surface area (Å²) in [6, 6.07) is 8.15. The van der Waals surface area contributed by atoms with E-state index in [9.17, 15) is 0 Å². The van der Waals surface area contributed by atoms with E-state index in [1.807, 2.05) is 0 Å². The summed E-state index contributed by atoms with van der Waals surface area (Å²) in [6.45, 7) is 8.69. The van der Waals surface area contributed by atoms with Crippen molar-refractivity contribution in [1.82, 2.24) is 5.16 Å². The van der Waals surface area contributed by atoms with Gasteiger partial charge in [-0.1, -0.05) is 44.1 Å². The number of rotatable bonds is 1. The van der Waals surface area contributed by atoms with E-state index < -0.39 is 0 Å². The lowest BCUT2D eigenvalue weighted by molar-refractivity contribution is 0.439. The second-order valence-electron chi connectivity index (χ2n) is 5.39. The first kappa shape index (κ1) is 11.7. The molecule has 0 spiro atoms. The van der Waals surface area contributed by atoms with Gasteiger partial charge in [0.25, 0.3) is 0 Å². The Bertz CT molecular complexity index is 535. The molecule has 90 valence electrons. The van der Waals surface area contributed by atoms with Gasteiger partial charge in [0.15, 0.2) is 0 Å². The smallest absolute Gasteiger partial charge is 0.222 e. The SMILES string of the molecule is Cc1cc(C(C)(C)C)ccc1-c1cc(N)on1. The molecule has 0 aliphatic carbocycles. The fraction of sp³-hybridized carbons (Fsp3) is 0.357. The second-order valence-corrected chi connectivity index (χ2v) is 5.39. The molecule has 1 aromatic carbocycles. The molecule has 2 aromatic rings. The predicted octanol–water partition coefficient (Wildman–Crippen LogP) is 3.53. The summed E-state index contributed by atoms with van der Waals surface area (Å²) in [5.74, 6) is 0.347. The molecule has 0 unspecified atom stereocenters. The van der Waals surface area contributed by atoms with Crippen molar-refractivity contribution in [2.24, 2.45) is 0 Å². The van der Waals surface area contributed by atoms with Crippen molar-refractivity contribution in [2.75, 3.05) is 5.73 Å². The van der Waals surface area contributed by atoms with Crippen molar-refractivity contribution in [1.29, 1.82) is 0 Å². The van der Waals surface area contributed by atoms with Crippen molar-refractivity contribution in [3.63, 3.8) is 0 Å². The topological polar surface area (TPSA) is 52.0 Å². The highest BCUT2D eigenvalue weighted by Crippen LogP contribution is 2.29. The van der Waals surface area contributed by atoms with E-state index in [0.29, 0.717) is 5.88 Å². The van der Waals surface area contributed by atoms with Crippen molar-refractivity contribution in [2.45, 2.75) is 33.1 Å². The van der Waals surface area contributed by atoms with Crippen LogP contribution in [0.5, 0.6) is 0 Å². The number of hydrogen-bond acceptors (Lipinski definition) is 3. The third-order valence-electron chi connectivity index (χ3n) is 2.90. The second kappa shape index (κ2) is 3.91. The largest absolute Gasteiger partial charge is 0.368 e. The van der Waals surface area contributed by atoms with Gasteiger partial charge in [-0.15, -0.1) is 0 Å². The van der Waals surface area contributed by atoms with Crippen LogP contribution in [0.15, 0.2) is 28.8 Å². The minimum Gasteiger partial charge on any atom is -0.368 e. The van der Waals surface area contributed by atoms with E-state index in [2.05, 4.69) is 51.1 Å². The molecule has 1 heterocycles. The zero-order valence-corrected chi connectivity index (χ0v) is 10.7. The van der Waals surface area contributed by atoms with Gasteiger partial charge in [-0.05, 0) is 23.5 Å². The summed E-state index contributed by atoms with van der Waals surface area (Å²) in [6.07, 6.45) is 0. The van der Waals surface area contributed by atoms with Gasteiger partial charge >= 0.3 is 0 Å². The maximum Gasteiger partial charge on any atom is 0.222 e. The Kier molecular flexibility index (Phi) is 2.69. The molecule has 0 aliphatic rings. The molecule has 17 heavy (non-hydrogen) atoms. The Morgan fingerprint density at radius 3 is 2.35 bits per heavy atom. The minimum atomic E-state index is 0.159. The molecular formula is C14H18N2O. The zero-order chi connectivity index (χ0) is 12.6. The lowest BCUT2D eigenvalue weighted by Crippen LogP contribution is -2.11. The van der Waals surface area contributed by atoms with Gasteiger partial charge in [-0.3, -0.25) is 0 Å². The Morgan fingerprint density at radius 1 is 1.18 bits per heavy atom. The third-order valence-corrected chi connectivity index (χ3v) is 2.90. The van der Waals surface area contributed by atoms with Gasteiger partial charge in [0.1, 0.15) is 5.69 Å². The maximum atomic E-state index is 5.54. The summed E-state index contributed by atoms with van der Waals surface area (Å²) < 4.78 is 4.90. The average Bonchev–Trinajstić information content (AvgIpc) is 2.63. The van der Waals surface area contributed by atoms with Crippen LogP contribution in [0.4, 0.5) is 5.88 Å². The highest BCUT2D eigenvalue weighted by molar-refractivity contribution is 5.65. The van der Waals surface area contributed by atoms with Gasteiger partial charge in [-0.2, -0.15) is 0 Å². The molecule has 0 bridgehead atoms. The van der Waals surface area contributed by atoms with Gasteiger partial charge in [-0.25, -0.2) is 0 Å². The van der Waals surface area contributed by atoms with Crippen LogP contribution in [-0.4, -0.2) is 5.16 Å². The van der Waals surface area contributed by atoms with E-state index in [-0.39, 0.29) is 5.41 Å². The number of nitrogens with two attached hydrogens (primary N) is 1. The quantitative estimate of drug-likeness (QED) is 0.815. The van der Waals surface area contributed by atoms with Crippen LogP contribution in [0, 0.1) is 6.92 Å². The summed E-state index contributed by atoms with van der Waals surface area (Å²) in [5, 5.41) is 3.94. The summed E-state index contributed by atoms with van der Waals surface area (Å²) in [5.41, 5.74) is 10.1. The van der Waals surface area contributed by atoms with Crippen LogP contribution in [0.25, 0.3) is 11.3 Å². The molecule has 0 saturated carbocycles. The average molecular weight is 230 g/mol. The van der Waals surface area contributed by atoms with Crippen LogP contribution in [0.2, 0.25) is 0 Å². The minimum absolute atomic E-state index is 0.159. The molecule has 3 nitrogen and oxygen atoms in total. The van der Waals surface area contributed by atoms with Crippen molar-refractivity contribution in [3.8, 4) is 11.3 Å². The first-order chi connectivity index (χ1) is 7.88. The molecule has 2 N–H and O–H groups in total. The molecule has 0 aliphatic heterocycles. The molecule has 0 atom stereocenters. The fourth-order valence-corrected chi connectivity index (χ4v) is 1.83. The van der Waals surface area contributed by atoms with Gasteiger partial charge in [0, 0.05) is 11.6 Å². The summed E-state index contributed by atoms with van der Waals surface area (Å²) in [7, 11) is 0. The zero-order valence-electron chi connectivity index (χ0n) is 10.7. The molecule has 0 fully saturated rings. The van der Waals surface area contributed by atoms with Gasteiger partial charge in [0.2, 0.25) is 5.88 Å². The molecular weight excluding hydrogens is 212 g/mol. The van der Waals surface area contributed by atoms with Gasteiger partial charge < -0.3 is 10.3 Å². The maximum absolute atomic E-state index is 5.54. The Balaban J connectivity index is 2.45. The molecule has 0 radical (unpaired) electrons. The highest BCUT2D eigenvalue weighted by atomic mass is 16.5. The summed E-state index contributed by atoms with van der Waals surface area (Å²) in [4.78, 5) is 0. The fourth-order valence-electron chi connectivity index (χ4n) is 1.83. The molecule has 3 heteroatoms. The number of hydrogen-bond donors (Lipinski definition) is 1.